The molecule has 0 aliphatic carbocycles. The first-order chi connectivity index (χ1) is 11.7. The summed E-state index contributed by atoms with van der Waals surface area (Å²) in [7, 11) is 0. The van der Waals surface area contributed by atoms with E-state index < -0.39 is 0 Å². The smallest absolute Gasteiger partial charge is 0.134 e. The molecule has 0 aliphatic heterocycles. The molecule has 0 aromatic heterocycles. The van der Waals surface area contributed by atoms with Crippen molar-refractivity contribution < 1.29 is 4.74 Å². The Hall–Kier alpha value is -1.78. The van der Waals surface area contributed by atoms with Crippen LogP contribution in [0.25, 0.3) is 0 Å². The van der Waals surface area contributed by atoms with Crippen molar-refractivity contribution in [1.29, 1.82) is 0 Å². The highest BCUT2D eigenvalue weighted by molar-refractivity contribution is 9.10. The number of benzene rings is 3. The Morgan fingerprint density at radius 1 is 0.792 bits per heavy atom. The van der Waals surface area contributed by atoms with E-state index in [2.05, 4.69) is 73.6 Å². The lowest BCUT2D eigenvalue weighted by Gasteiger charge is -2.11. The zero-order valence-corrected chi connectivity index (χ0v) is 16.2. The van der Waals surface area contributed by atoms with Gasteiger partial charge >= 0.3 is 0 Å². The van der Waals surface area contributed by atoms with Gasteiger partial charge in [0.1, 0.15) is 12.4 Å². The minimum Gasteiger partial charge on any atom is -0.488 e. The van der Waals surface area contributed by atoms with Crippen LogP contribution >= 0.6 is 31.9 Å². The molecule has 2 nitrogen and oxygen atoms in total. The summed E-state index contributed by atoms with van der Waals surface area (Å²) in [6.45, 7) is 1.33. The second kappa shape index (κ2) is 8.36. The molecular weight excluding hydrogens is 430 g/mol. The molecule has 0 aliphatic rings. The number of ether oxygens (including phenoxy) is 1. The Morgan fingerprint density at radius 3 is 2.25 bits per heavy atom. The normalized spacial score (nSPS) is 10.4. The molecule has 0 spiro atoms. The first-order valence-corrected chi connectivity index (χ1v) is 9.24. The minimum atomic E-state index is 0.565. The van der Waals surface area contributed by atoms with Gasteiger partial charge in [-0.3, -0.25) is 0 Å². The molecule has 0 bridgehead atoms. The molecule has 24 heavy (non-hydrogen) atoms. The monoisotopic (exact) mass is 445 g/mol. The molecule has 3 rings (SSSR count). The van der Waals surface area contributed by atoms with Gasteiger partial charge in [0.05, 0.1) is 4.47 Å². The summed E-state index contributed by atoms with van der Waals surface area (Å²) in [5.41, 5.74) is 3.45. The van der Waals surface area contributed by atoms with E-state index in [9.17, 15) is 0 Å². The maximum Gasteiger partial charge on any atom is 0.134 e. The zero-order chi connectivity index (χ0) is 16.8. The van der Waals surface area contributed by atoms with Gasteiger partial charge in [0, 0.05) is 16.7 Å². The molecule has 0 saturated heterocycles. The van der Waals surface area contributed by atoms with Crippen molar-refractivity contribution in [3.63, 3.8) is 0 Å². The molecule has 0 saturated carbocycles. The van der Waals surface area contributed by atoms with Gasteiger partial charge in [-0.15, -0.1) is 0 Å². The molecule has 0 atom stereocenters. The molecular formula is C20H17Br2NO. The van der Waals surface area contributed by atoms with Crippen LogP contribution in [-0.4, -0.2) is 0 Å². The molecule has 0 heterocycles. The predicted molar refractivity (Wildman–Crippen MR) is 106 cm³/mol. The Kier molecular flexibility index (Phi) is 5.94. The van der Waals surface area contributed by atoms with Gasteiger partial charge in [-0.05, 0) is 63.5 Å². The SMILES string of the molecule is Brc1ccc(NCc2ccc(OCc3ccccc3)c(Br)c2)cc1. The molecule has 0 radical (unpaired) electrons. The average molecular weight is 447 g/mol. The summed E-state index contributed by atoms with van der Waals surface area (Å²) in [6, 6.07) is 24.5. The van der Waals surface area contributed by atoms with Crippen molar-refractivity contribution in [3.05, 3.63) is 92.9 Å². The lowest BCUT2D eigenvalue weighted by Crippen LogP contribution is -2.00. The maximum atomic E-state index is 5.88. The molecule has 122 valence electrons. The van der Waals surface area contributed by atoms with Crippen molar-refractivity contribution in [1.82, 2.24) is 0 Å². The Bertz CT molecular complexity index is 788. The first kappa shape index (κ1) is 17.1. The second-order valence-electron chi connectivity index (χ2n) is 5.40. The van der Waals surface area contributed by atoms with Crippen LogP contribution in [0.2, 0.25) is 0 Å². The van der Waals surface area contributed by atoms with Crippen LogP contribution in [0.4, 0.5) is 5.69 Å². The number of rotatable bonds is 6. The zero-order valence-electron chi connectivity index (χ0n) is 13.0. The maximum absolute atomic E-state index is 5.88. The Balaban J connectivity index is 1.58. The number of hydrogen-bond donors (Lipinski definition) is 1. The fraction of sp³-hybridized carbons (Fsp3) is 0.100. The highest BCUT2D eigenvalue weighted by Crippen LogP contribution is 2.27. The highest BCUT2D eigenvalue weighted by atomic mass is 79.9. The third kappa shape index (κ3) is 4.86. The van der Waals surface area contributed by atoms with E-state index in [4.69, 9.17) is 4.74 Å². The number of halogens is 2. The number of anilines is 1. The quantitative estimate of drug-likeness (QED) is 0.472. The van der Waals surface area contributed by atoms with Gasteiger partial charge in [-0.1, -0.05) is 52.3 Å². The van der Waals surface area contributed by atoms with Crippen molar-refractivity contribution >= 4 is 37.5 Å². The van der Waals surface area contributed by atoms with Gasteiger partial charge in [0.2, 0.25) is 0 Å². The Morgan fingerprint density at radius 2 is 1.54 bits per heavy atom. The molecule has 3 aromatic rings. The summed E-state index contributed by atoms with van der Waals surface area (Å²) in [5, 5.41) is 3.41. The summed E-state index contributed by atoms with van der Waals surface area (Å²) in [4.78, 5) is 0. The van der Waals surface area contributed by atoms with Crippen LogP contribution in [0.3, 0.4) is 0 Å². The second-order valence-corrected chi connectivity index (χ2v) is 7.17. The minimum absolute atomic E-state index is 0.565. The summed E-state index contributed by atoms with van der Waals surface area (Å²) >= 11 is 7.04. The molecule has 0 fully saturated rings. The van der Waals surface area contributed by atoms with Crippen LogP contribution in [0, 0.1) is 0 Å². The van der Waals surface area contributed by atoms with Crippen LogP contribution in [0.15, 0.2) is 81.7 Å². The van der Waals surface area contributed by atoms with Gasteiger partial charge in [0.25, 0.3) is 0 Å². The molecule has 0 amide bonds. The standard InChI is InChI=1S/C20H17Br2NO/c21-17-7-9-18(10-8-17)23-13-16-6-11-20(19(22)12-16)24-14-15-4-2-1-3-5-15/h1-12,23H,13-14H2. The van der Waals surface area contributed by atoms with E-state index in [0.717, 1.165) is 32.5 Å². The van der Waals surface area contributed by atoms with Crippen LogP contribution < -0.4 is 10.1 Å². The first-order valence-electron chi connectivity index (χ1n) is 7.65. The van der Waals surface area contributed by atoms with Gasteiger partial charge < -0.3 is 10.1 Å². The van der Waals surface area contributed by atoms with Crippen LogP contribution in [0.5, 0.6) is 5.75 Å². The average Bonchev–Trinajstić information content (AvgIpc) is 2.61. The van der Waals surface area contributed by atoms with E-state index >= 15 is 0 Å². The van der Waals surface area contributed by atoms with Crippen molar-refractivity contribution in [2.24, 2.45) is 0 Å². The lowest BCUT2D eigenvalue weighted by atomic mass is 10.2. The number of hydrogen-bond acceptors (Lipinski definition) is 2. The summed E-state index contributed by atoms with van der Waals surface area (Å²) in [6.07, 6.45) is 0. The van der Waals surface area contributed by atoms with Gasteiger partial charge in [-0.2, -0.15) is 0 Å². The van der Waals surface area contributed by atoms with Crippen LogP contribution in [0.1, 0.15) is 11.1 Å². The molecule has 4 heteroatoms. The van der Waals surface area contributed by atoms with E-state index in [1.165, 1.54) is 5.56 Å². The van der Waals surface area contributed by atoms with E-state index in [-0.39, 0.29) is 0 Å². The molecule has 3 aromatic carbocycles. The largest absolute Gasteiger partial charge is 0.488 e. The molecule has 1 N–H and O–H groups in total. The summed E-state index contributed by atoms with van der Waals surface area (Å²) < 4.78 is 7.93. The Labute approximate surface area is 159 Å². The third-order valence-corrected chi connectivity index (χ3v) is 4.72. The third-order valence-electron chi connectivity index (χ3n) is 3.57. The van der Waals surface area contributed by atoms with Crippen molar-refractivity contribution in [3.8, 4) is 5.75 Å². The summed E-state index contributed by atoms with van der Waals surface area (Å²) in [5.74, 6) is 0.853. The van der Waals surface area contributed by atoms with E-state index in [1.54, 1.807) is 0 Å². The number of nitrogens with one attached hydrogen (secondary N) is 1. The van der Waals surface area contributed by atoms with E-state index in [1.807, 2.05) is 36.4 Å². The van der Waals surface area contributed by atoms with Gasteiger partial charge in [-0.25, -0.2) is 0 Å². The van der Waals surface area contributed by atoms with E-state index in [0.29, 0.717) is 6.61 Å². The van der Waals surface area contributed by atoms with Gasteiger partial charge in [0.15, 0.2) is 0 Å². The highest BCUT2D eigenvalue weighted by Gasteiger charge is 2.04. The van der Waals surface area contributed by atoms with Crippen molar-refractivity contribution in [2.45, 2.75) is 13.2 Å². The predicted octanol–water partition coefficient (Wildman–Crippen LogP) is 6.40. The van der Waals surface area contributed by atoms with Crippen LogP contribution in [-0.2, 0) is 13.2 Å². The lowest BCUT2D eigenvalue weighted by molar-refractivity contribution is 0.304. The van der Waals surface area contributed by atoms with Crippen molar-refractivity contribution in [2.75, 3.05) is 5.32 Å². The fourth-order valence-electron chi connectivity index (χ4n) is 2.28. The molecule has 0 unspecified atom stereocenters. The fourth-order valence-corrected chi connectivity index (χ4v) is 3.08. The topological polar surface area (TPSA) is 21.3 Å².